The van der Waals surface area contributed by atoms with Gasteiger partial charge in [0.05, 0.1) is 0 Å². The van der Waals surface area contributed by atoms with E-state index in [0.29, 0.717) is 10.9 Å². The molecule has 2 aromatic carbocycles. The predicted molar refractivity (Wildman–Crippen MR) is 70.4 cm³/mol. The third-order valence-electron chi connectivity index (χ3n) is 2.66. The van der Waals surface area contributed by atoms with E-state index in [2.05, 4.69) is 0 Å². The molecule has 86 valence electrons. The topological polar surface area (TPSA) is 34.1 Å². The van der Waals surface area contributed by atoms with E-state index < -0.39 is 7.14 Å². The SMILES string of the molecule is CP(=O)(C(=O)c1ccccc1)c1ccccc1. The van der Waals surface area contributed by atoms with Crippen LogP contribution in [-0.2, 0) is 4.57 Å². The number of carbonyl (C=O) groups is 1. The van der Waals surface area contributed by atoms with Crippen molar-refractivity contribution in [1.82, 2.24) is 0 Å². The second kappa shape index (κ2) is 4.68. The lowest BCUT2D eigenvalue weighted by Crippen LogP contribution is -2.11. The van der Waals surface area contributed by atoms with Crippen molar-refractivity contribution in [3.05, 3.63) is 66.2 Å². The van der Waals surface area contributed by atoms with Gasteiger partial charge in [-0.3, -0.25) is 4.79 Å². The summed E-state index contributed by atoms with van der Waals surface area (Å²) < 4.78 is 12.6. The van der Waals surface area contributed by atoms with Gasteiger partial charge < -0.3 is 4.57 Å². The van der Waals surface area contributed by atoms with Gasteiger partial charge in [-0.1, -0.05) is 60.7 Å². The normalized spacial score (nSPS) is 13.9. The summed E-state index contributed by atoms with van der Waals surface area (Å²) in [5, 5.41) is 0.605. The van der Waals surface area contributed by atoms with Gasteiger partial charge in [0.25, 0.3) is 0 Å². The first-order valence-corrected chi connectivity index (χ1v) is 7.51. The zero-order valence-electron chi connectivity index (χ0n) is 9.54. The van der Waals surface area contributed by atoms with Crippen LogP contribution in [0.5, 0.6) is 0 Å². The lowest BCUT2D eigenvalue weighted by Gasteiger charge is -2.11. The third-order valence-corrected chi connectivity index (χ3v) is 4.97. The number of rotatable bonds is 3. The molecule has 0 amide bonds. The van der Waals surface area contributed by atoms with Crippen LogP contribution >= 0.6 is 7.14 Å². The Morgan fingerprint density at radius 3 is 1.88 bits per heavy atom. The molecule has 0 N–H and O–H groups in total. The molecule has 0 radical (unpaired) electrons. The molecule has 0 aliphatic heterocycles. The smallest absolute Gasteiger partial charge is 0.225 e. The molecule has 0 bridgehead atoms. The minimum absolute atomic E-state index is 0.288. The lowest BCUT2D eigenvalue weighted by atomic mass is 10.2. The molecule has 0 saturated heterocycles. The van der Waals surface area contributed by atoms with Crippen molar-refractivity contribution in [3.63, 3.8) is 0 Å². The van der Waals surface area contributed by atoms with Crippen molar-refractivity contribution in [3.8, 4) is 0 Å². The Morgan fingerprint density at radius 2 is 1.35 bits per heavy atom. The monoisotopic (exact) mass is 244 g/mol. The Bertz CT molecular complexity index is 561. The lowest BCUT2D eigenvalue weighted by molar-refractivity contribution is 0.107. The maximum atomic E-state index is 12.6. The van der Waals surface area contributed by atoms with Crippen LogP contribution in [0.2, 0.25) is 0 Å². The fraction of sp³-hybridized carbons (Fsp3) is 0.0714. The average Bonchev–Trinajstić information content (AvgIpc) is 2.40. The second-order valence-corrected chi connectivity index (χ2v) is 6.70. The fourth-order valence-corrected chi connectivity index (χ4v) is 3.27. The highest BCUT2D eigenvalue weighted by Gasteiger charge is 2.28. The largest absolute Gasteiger partial charge is 0.310 e. The molecule has 2 rings (SSSR count). The third kappa shape index (κ3) is 2.37. The van der Waals surface area contributed by atoms with E-state index in [9.17, 15) is 9.36 Å². The molecule has 0 aliphatic rings. The molecule has 1 atom stereocenters. The van der Waals surface area contributed by atoms with Gasteiger partial charge in [0.1, 0.15) is 0 Å². The van der Waals surface area contributed by atoms with E-state index in [0.717, 1.165) is 0 Å². The van der Waals surface area contributed by atoms with Crippen molar-refractivity contribution in [2.75, 3.05) is 6.66 Å². The van der Waals surface area contributed by atoms with Crippen molar-refractivity contribution < 1.29 is 9.36 Å². The van der Waals surface area contributed by atoms with Crippen LogP contribution in [-0.4, -0.2) is 12.2 Å². The van der Waals surface area contributed by atoms with Gasteiger partial charge >= 0.3 is 0 Å². The molecule has 0 fully saturated rings. The van der Waals surface area contributed by atoms with Crippen molar-refractivity contribution in [2.45, 2.75) is 0 Å². The van der Waals surface area contributed by atoms with E-state index in [-0.39, 0.29) is 5.52 Å². The predicted octanol–water partition coefficient (Wildman–Crippen LogP) is 3.15. The first kappa shape index (κ1) is 11.8. The Balaban J connectivity index is 2.41. The van der Waals surface area contributed by atoms with Gasteiger partial charge in [-0.05, 0) is 0 Å². The summed E-state index contributed by atoms with van der Waals surface area (Å²) in [7, 11) is -3.00. The standard InChI is InChI=1S/C14H13O2P/c1-17(16,13-10-6-3-7-11-13)14(15)12-8-4-2-5-9-12/h2-11H,1H3. The Labute approximate surface area is 101 Å². The van der Waals surface area contributed by atoms with Gasteiger partial charge in [0, 0.05) is 17.5 Å². The summed E-state index contributed by atoms with van der Waals surface area (Å²) >= 11 is 0. The number of carbonyl (C=O) groups excluding carboxylic acids is 1. The summed E-state index contributed by atoms with van der Waals surface area (Å²) in [4.78, 5) is 12.2. The number of hydrogen-bond acceptors (Lipinski definition) is 2. The van der Waals surface area contributed by atoms with Gasteiger partial charge in [-0.2, -0.15) is 0 Å². The molecule has 17 heavy (non-hydrogen) atoms. The highest BCUT2D eigenvalue weighted by atomic mass is 31.2. The quantitative estimate of drug-likeness (QED) is 0.777. The van der Waals surface area contributed by atoms with Crippen LogP contribution in [0.1, 0.15) is 10.4 Å². The zero-order chi connectivity index (χ0) is 12.3. The summed E-state index contributed by atoms with van der Waals surface area (Å²) in [6, 6.07) is 17.7. The van der Waals surface area contributed by atoms with Gasteiger partial charge in [-0.15, -0.1) is 0 Å². The minimum Gasteiger partial charge on any atom is -0.310 e. The van der Waals surface area contributed by atoms with Crippen LogP contribution in [0.15, 0.2) is 60.7 Å². The molecule has 3 heteroatoms. The first-order valence-electron chi connectivity index (χ1n) is 5.35. The van der Waals surface area contributed by atoms with Gasteiger partial charge in [-0.25, -0.2) is 0 Å². The Morgan fingerprint density at radius 1 is 0.882 bits per heavy atom. The fourth-order valence-electron chi connectivity index (χ4n) is 1.66. The van der Waals surface area contributed by atoms with Gasteiger partial charge in [0.2, 0.25) is 5.52 Å². The molecule has 0 aliphatic carbocycles. The van der Waals surface area contributed by atoms with E-state index in [1.54, 1.807) is 48.5 Å². The molecule has 0 heterocycles. The van der Waals surface area contributed by atoms with E-state index in [4.69, 9.17) is 0 Å². The summed E-state index contributed by atoms with van der Waals surface area (Å²) in [6.45, 7) is 1.53. The maximum Gasteiger partial charge on any atom is 0.225 e. The van der Waals surface area contributed by atoms with Crippen molar-refractivity contribution in [2.24, 2.45) is 0 Å². The number of hydrogen-bond donors (Lipinski definition) is 0. The highest BCUT2D eigenvalue weighted by molar-refractivity contribution is 7.86. The maximum absolute atomic E-state index is 12.6. The van der Waals surface area contributed by atoms with Crippen LogP contribution < -0.4 is 5.30 Å². The molecular weight excluding hydrogens is 231 g/mol. The average molecular weight is 244 g/mol. The molecule has 2 nitrogen and oxygen atoms in total. The van der Waals surface area contributed by atoms with Crippen molar-refractivity contribution >= 4 is 18.0 Å². The summed E-state index contributed by atoms with van der Waals surface area (Å²) in [5.41, 5.74) is 0.214. The van der Waals surface area contributed by atoms with Crippen LogP contribution in [0.4, 0.5) is 0 Å². The van der Waals surface area contributed by atoms with Crippen LogP contribution in [0.3, 0.4) is 0 Å². The van der Waals surface area contributed by atoms with E-state index in [1.807, 2.05) is 12.1 Å². The van der Waals surface area contributed by atoms with Crippen molar-refractivity contribution in [1.29, 1.82) is 0 Å². The summed E-state index contributed by atoms with van der Waals surface area (Å²) in [5.74, 6) is 0. The van der Waals surface area contributed by atoms with Crippen LogP contribution in [0, 0.1) is 0 Å². The highest BCUT2D eigenvalue weighted by Crippen LogP contribution is 2.43. The second-order valence-electron chi connectivity index (χ2n) is 3.93. The Kier molecular flexibility index (Phi) is 3.26. The molecule has 0 aromatic heterocycles. The molecule has 0 spiro atoms. The Hall–Kier alpha value is -1.66. The first-order chi connectivity index (χ1) is 8.12. The number of benzene rings is 2. The summed E-state index contributed by atoms with van der Waals surface area (Å²) in [6.07, 6.45) is 0. The zero-order valence-corrected chi connectivity index (χ0v) is 10.4. The minimum atomic E-state index is -3.00. The molecule has 2 aromatic rings. The van der Waals surface area contributed by atoms with Crippen LogP contribution in [0.25, 0.3) is 0 Å². The van der Waals surface area contributed by atoms with E-state index >= 15 is 0 Å². The molecule has 0 saturated carbocycles. The van der Waals surface area contributed by atoms with Gasteiger partial charge in [0.15, 0.2) is 7.14 Å². The molecule has 1 unspecified atom stereocenters. The van der Waals surface area contributed by atoms with E-state index in [1.165, 1.54) is 6.66 Å². The molecular formula is C14H13O2P.